The number of ketones is 1. The summed E-state index contributed by atoms with van der Waals surface area (Å²) in [4.78, 5) is 10.9. The smallest absolute Gasteiger partial charge is 0.152 e. The number of carbonyl (C=O) groups excluding carboxylic acids is 1. The third kappa shape index (κ3) is 8.37. The van der Waals surface area contributed by atoms with Gasteiger partial charge in [0.2, 0.25) is 0 Å². The van der Waals surface area contributed by atoms with Gasteiger partial charge in [0.15, 0.2) is 5.78 Å². The molecule has 2 aromatic carbocycles. The van der Waals surface area contributed by atoms with Crippen molar-refractivity contribution < 1.29 is 39.7 Å². The van der Waals surface area contributed by atoms with Crippen molar-refractivity contribution in [3.8, 4) is 34.5 Å². The van der Waals surface area contributed by atoms with E-state index in [0.29, 0.717) is 40.1 Å². The Hall–Kier alpha value is -3.65. The fourth-order valence-corrected chi connectivity index (χ4v) is 2.83. The summed E-state index contributed by atoms with van der Waals surface area (Å²) in [5, 5.41) is 9.25. The van der Waals surface area contributed by atoms with Gasteiger partial charge in [-0.3, -0.25) is 4.79 Å². The van der Waals surface area contributed by atoms with Crippen LogP contribution in [0.1, 0.15) is 26.4 Å². The van der Waals surface area contributed by atoms with E-state index in [4.69, 9.17) is 28.4 Å². The van der Waals surface area contributed by atoms with Crippen molar-refractivity contribution in [1.29, 1.82) is 0 Å². The summed E-state index contributed by atoms with van der Waals surface area (Å²) in [5.41, 5.74) is 1.49. The molecule has 0 unspecified atom stereocenters. The van der Waals surface area contributed by atoms with E-state index in [2.05, 4.69) is 0 Å². The average Bonchev–Trinajstić information content (AvgIpc) is 2.85. The first-order valence-corrected chi connectivity index (χ1v) is 10.4. The van der Waals surface area contributed by atoms with Gasteiger partial charge in [0, 0.05) is 25.7 Å². The molecule has 0 fully saturated rings. The van der Waals surface area contributed by atoms with Gasteiger partial charge in [-0.2, -0.15) is 0 Å². The SMILES string of the molecule is COc1cc(OC)c(/C=C/C(C)=O)c(OC)c1.COc1cc(OC)c(/C=C/[C@H](C)O)c(OC)c1.[HH]. The Morgan fingerprint density at radius 1 is 0.735 bits per heavy atom. The number of aliphatic hydroxyl groups is 1. The number of ether oxygens (including phenoxy) is 6. The molecular weight excluding hydrogens is 440 g/mol. The molecule has 0 aliphatic carbocycles. The Labute approximate surface area is 202 Å². The maximum atomic E-state index is 10.9. The Bertz CT molecular complexity index is 949. The molecule has 0 aliphatic rings. The van der Waals surface area contributed by atoms with E-state index >= 15 is 0 Å². The van der Waals surface area contributed by atoms with E-state index in [0.717, 1.165) is 5.56 Å². The first-order chi connectivity index (χ1) is 16.2. The van der Waals surface area contributed by atoms with Crippen LogP contribution in [0.2, 0.25) is 0 Å². The Kier molecular flexibility index (Phi) is 12.1. The van der Waals surface area contributed by atoms with Gasteiger partial charge in [0.1, 0.15) is 34.5 Å². The highest BCUT2D eigenvalue weighted by Gasteiger charge is 2.11. The highest BCUT2D eigenvalue weighted by Crippen LogP contribution is 2.36. The van der Waals surface area contributed by atoms with Crippen LogP contribution in [0, 0.1) is 0 Å². The molecule has 2 rings (SSSR count). The minimum atomic E-state index is -0.522. The summed E-state index contributed by atoms with van der Waals surface area (Å²) in [6, 6.07) is 7.01. The summed E-state index contributed by atoms with van der Waals surface area (Å²) in [6.45, 7) is 3.16. The highest BCUT2D eigenvalue weighted by atomic mass is 16.5. The zero-order chi connectivity index (χ0) is 25.7. The number of rotatable bonds is 10. The first-order valence-electron chi connectivity index (χ1n) is 10.4. The number of hydrogen-bond donors (Lipinski definition) is 1. The molecule has 0 heterocycles. The summed E-state index contributed by atoms with van der Waals surface area (Å²) < 4.78 is 31.3. The van der Waals surface area contributed by atoms with Crippen molar-refractivity contribution in [2.75, 3.05) is 42.7 Å². The molecule has 0 saturated heterocycles. The van der Waals surface area contributed by atoms with Crippen molar-refractivity contribution in [2.45, 2.75) is 20.0 Å². The van der Waals surface area contributed by atoms with E-state index in [1.807, 2.05) is 0 Å². The quantitative estimate of drug-likeness (QED) is 0.495. The topological polar surface area (TPSA) is 92.7 Å². The second-order valence-corrected chi connectivity index (χ2v) is 6.93. The summed E-state index contributed by atoms with van der Waals surface area (Å²) in [7, 11) is 9.42. The fourth-order valence-electron chi connectivity index (χ4n) is 2.83. The van der Waals surface area contributed by atoms with Gasteiger partial charge in [0.25, 0.3) is 0 Å². The maximum Gasteiger partial charge on any atom is 0.152 e. The van der Waals surface area contributed by atoms with Crippen molar-refractivity contribution >= 4 is 17.9 Å². The second kappa shape index (κ2) is 14.5. The normalized spacial score (nSPS) is 11.4. The number of hydrogen-bond acceptors (Lipinski definition) is 8. The molecule has 0 aromatic heterocycles. The van der Waals surface area contributed by atoms with E-state index < -0.39 is 6.10 Å². The standard InChI is InChI=1S/C13H18O4.C13H16O4.H2/c2*1-9(14)5-6-11-12(16-3)7-10(15-2)8-13(11)17-4;/h5-9,14H,1-4H3;5-8H,1-4H3;1H/b2*6-5+;/t9-;;/m0../s1. The Balaban J connectivity index is 0.000000642. The van der Waals surface area contributed by atoms with Gasteiger partial charge in [-0.15, -0.1) is 0 Å². The molecule has 0 amide bonds. The van der Waals surface area contributed by atoms with Gasteiger partial charge in [0.05, 0.1) is 59.9 Å². The zero-order valence-electron chi connectivity index (χ0n) is 21.0. The van der Waals surface area contributed by atoms with Crippen LogP contribution >= 0.6 is 0 Å². The third-order valence-corrected chi connectivity index (χ3v) is 4.53. The van der Waals surface area contributed by atoms with Crippen LogP contribution in [0.15, 0.2) is 36.4 Å². The van der Waals surface area contributed by atoms with Crippen LogP contribution in [-0.2, 0) is 4.79 Å². The van der Waals surface area contributed by atoms with Gasteiger partial charge in [-0.1, -0.05) is 6.08 Å². The number of methoxy groups -OCH3 is 6. The second-order valence-electron chi connectivity index (χ2n) is 6.93. The van der Waals surface area contributed by atoms with Crippen LogP contribution in [0.5, 0.6) is 34.5 Å². The van der Waals surface area contributed by atoms with E-state index in [-0.39, 0.29) is 7.21 Å². The van der Waals surface area contributed by atoms with Gasteiger partial charge >= 0.3 is 0 Å². The molecule has 1 N–H and O–H groups in total. The molecule has 0 aliphatic heterocycles. The van der Waals surface area contributed by atoms with Gasteiger partial charge in [-0.05, 0) is 32.1 Å². The van der Waals surface area contributed by atoms with Crippen molar-refractivity contribution in [2.24, 2.45) is 0 Å². The van der Waals surface area contributed by atoms with Crippen molar-refractivity contribution in [3.05, 3.63) is 47.5 Å². The predicted molar refractivity (Wildman–Crippen MR) is 135 cm³/mol. The lowest BCUT2D eigenvalue weighted by atomic mass is 10.1. The average molecular weight is 477 g/mol. The third-order valence-electron chi connectivity index (χ3n) is 4.53. The lowest BCUT2D eigenvalue weighted by Gasteiger charge is -2.12. The van der Waals surface area contributed by atoms with Crippen LogP contribution in [0.3, 0.4) is 0 Å². The molecule has 1 atom stereocenters. The molecule has 8 heteroatoms. The van der Waals surface area contributed by atoms with Crippen molar-refractivity contribution in [3.63, 3.8) is 0 Å². The summed E-state index contributed by atoms with van der Waals surface area (Å²) in [5.74, 6) is 3.73. The van der Waals surface area contributed by atoms with Crippen LogP contribution in [0.25, 0.3) is 12.2 Å². The molecule has 2 aromatic rings. The predicted octanol–water partition coefficient (Wildman–Crippen LogP) is 4.67. The lowest BCUT2D eigenvalue weighted by molar-refractivity contribution is -0.112. The number of benzene rings is 2. The molecule has 0 bridgehead atoms. The van der Waals surface area contributed by atoms with Crippen molar-refractivity contribution in [1.82, 2.24) is 0 Å². The fraction of sp³-hybridized carbons (Fsp3) is 0.346. The Morgan fingerprint density at radius 2 is 1.09 bits per heavy atom. The number of carbonyl (C=O) groups is 1. The monoisotopic (exact) mass is 476 g/mol. The minimum Gasteiger partial charge on any atom is -0.496 e. The molecular formula is C26H36O8. The van der Waals surface area contributed by atoms with E-state index in [1.54, 1.807) is 92.1 Å². The summed E-state index contributed by atoms with van der Waals surface area (Å²) >= 11 is 0. The molecule has 0 saturated carbocycles. The molecule has 8 nitrogen and oxygen atoms in total. The minimum absolute atomic E-state index is 0. The number of aliphatic hydroxyl groups excluding tert-OH is 1. The van der Waals surface area contributed by atoms with Gasteiger partial charge < -0.3 is 33.5 Å². The maximum absolute atomic E-state index is 10.9. The molecule has 0 spiro atoms. The number of allylic oxidation sites excluding steroid dienone is 1. The van der Waals surface area contributed by atoms with E-state index in [1.165, 1.54) is 13.0 Å². The highest BCUT2D eigenvalue weighted by molar-refractivity contribution is 5.92. The van der Waals surface area contributed by atoms with E-state index in [9.17, 15) is 9.90 Å². The Morgan fingerprint density at radius 3 is 1.35 bits per heavy atom. The zero-order valence-corrected chi connectivity index (χ0v) is 21.0. The van der Waals surface area contributed by atoms with Gasteiger partial charge in [-0.25, -0.2) is 0 Å². The van der Waals surface area contributed by atoms with Crippen LogP contribution in [0.4, 0.5) is 0 Å². The molecule has 188 valence electrons. The van der Waals surface area contributed by atoms with Crippen LogP contribution < -0.4 is 28.4 Å². The largest absolute Gasteiger partial charge is 0.496 e. The molecule has 34 heavy (non-hydrogen) atoms. The van der Waals surface area contributed by atoms with Crippen LogP contribution in [-0.4, -0.2) is 59.7 Å². The first kappa shape index (κ1) is 28.4. The molecule has 0 radical (unpaired) electrons. The summed E-state index contributed by atoms with van der Waals surface area (Å²) in [6.07, 6.45) is 6.03. The lowest BCUT2D eigenvalue weighted by Crippen LogP contribution is -1.96.